The fraction of sp³-hybridized carbons (Fsp3) is 0.417. The van der Waals surface area contributed by atoms with Gasteiger partial charge in [-0.1, -0.05) is 18.2 Å². The number of nitrogens with one attached hydrogen (secondary N) is 1. The molecule has 0 aliphatic carbocycles. The SMILES string of the molecule is COCc1ccccc1C(=O)NCCCN.Cl. The minimum Gasteiger partial charge on any atom is -0.380 e. The molecule has 0 aliphatic rings. The number of carbonyl (C=O) groups excluding carboxylic acids is 1. The number of ether oxygens (including phenoxy) is 1. The highest BCUT2D eigenvalue weighted by Gasteiger charge is 2.09. The van der Waals surface area contributed by atoms with Gasteiger partial charge in [0.25, 0.3) is 5.91 Å². The molecule has 0 unspecified atom stereocenters. The van der Waals surface area contributed by atoms with Crippen molar-refractivity contribution in [3.05, 3.63) is 35.4 Å². The molecule has 0 spiro atoms. The monoisotopic (exact) mass is 258 g/mol. The number of benzene rings is 1. The Bertz CT molecular complexity index is 345. The third-order valence-electron chi connectivity index (χ3n) is 2.23. The molecule has 5 heteroatoms. The van der Waals surface area contributed by atoms with Crippen LogP contribution in [-0.2, 0) is 11.3 Å². The molecule has 0 atom stereocenters. The van der Waals surface area contributed by atoms with Gasteiger partial charge in [-0.3, -0.25) is 4.79 Å². The van der Waals surface area contributed by atoms with Crippen LogP contribution in [0.25, 0.3) is 0 Å². The second kappa shape index (κ2) is 8.98. The maximum absolute atomic E-state index is 11.8. The van der Waals surface area contributed by atoms with Gasteiger partial charge in [0.1, 0.15) is 0 Å². The predicted octanol–water partition coefficient (Wildman–Crippen LogP) is 1.33. The van der Waals surface area contributed by atoms with Gasteiger partial charge in [-0.2, -0.15) is 0 Å². The number of hydrogen-bond donors (Lipinski definition) is 2. The molecule has 0 bridgehead atoms. The second-order valence-electron chi connectivity index (χ2n) is 3.49. The van der Waals surface area contributed by atoms with Gasteiger partial charge < -0.3 is 15.8 Å². The lowest BCUT2D eigenvalue weighted by Gasteiger charge is -2.08. The number of methoxy groups -OCH3 is 1. The summed E-state index contributed by atoms with van der Waals surface area (Å²) in [5, 5.41) is 2.82. The van der Waals surface area contributed by atoms with Gasteiger partial charge in [0.05, 0.1) is 6.61 Å². The first-order valence-electron chi connectivity index (χ1n) is 5.34. The average Bonchev–Trinajstić information content (AvgIpc) is 2.30. The molecule has 1 rings (SSSR count). The van der Waals surface area contributed by atoms with Gasteiger partial charge in [-0.25, -0.2) is 0 Å². The van der Waals surface area contributed by atoms with Gasteiger partial charge in [-0.15, -0.1) is 12.4 Å². The lowest BCUT2D eigenvalue weighted by Crippen LogP contribution is -2.26. The van der Waals surface area contributed by atoms with Gasteiger partial charge in [0, 0.05) is 19.2 Å². The van der Waals surface area contributed by atoms with Crippen LogP contribution in [-0.4, -0.2) is 26.1 Å². The zero-order valence-corrected chi connectivity index (χ0v) is 10.8. The molecule has 3 N–H and O–H groups in total. The lowest BCUT2D eigenvalue weighted by molar-refractivity contribution is 0.0948. The number of carbonyl (C=O) groups is 1. The van der Waals surface area contributed by atoms with Gasteiger partial charge in [-0.05, 0) is 24.6 Å². The fourth-order valence-electron chi connectivity index (χ4n) is 1.42. The number of hydrogen-bond acceptors (Lipinski definition) is 3. The van der Waals surface area contributed by atoms with Crippen LogP contribution in [0.3, 0.4) is 0 Å². The minimum atomic E-state index is -0.0684. The topological polar surface area (TPSA) is 64.3 Å². The van der Waals surface area contributed by atoms with E-state index < -0.39 is 0 Å². The Balaban J connectivity index is 0.00000256. The Kier molecular flexibility index (Phi) is 8.40. The normalized spacial score (nSPS) is 9.53. The molecule has 4 nitrogen and oxygen atoms in total. The van der Waals surface area contributed by atoms with E-state index in [1.807, 2.05) is 18.2 Å². The summed E-state index contributed by atoms with van der Waals surface area (Å²) in [7, 11) is 1.61. The fourth-order valence-corrected chi connectivity index (χ4v) is 1.42. The summed E-state index contributed by atoms with van der Waals surface area (Å²) in [4.78, 5) is 11.8. The van der Waals surface area contributed by atoms with Crippen LogP contribution < -0.4 is 11.1 Å². The van der Waals surface area contributed by atoms with Crippen LogP contribution in [0.5, 0.6) is 0 Å². The summed E-state index contributed by atoms with van der Waals surface area (Å²) in [6, 6.07) is 7.43. The second-order valence-corrected chi connectivity index (χ2v) is 3.49. The van der Waals surface area contributed by atoms with Crippen molar-refractivity contribution in [1.29, 1.82) is 0 Å². The average molecular weight is 259 g/mol. The smallest absolute Gasteiger partial charge is 0.251 e. The Labute approximate surface area is 108 Å². The summed E-state index contributed by atoms with van der Waals surface area (Å²) in [5.41, 5.74) is 6.93. The number of rotatable bonds is 6. The minimum absolute atomic E-state index is 0. The highest BCUT2D eigenvalue weighted by Crippen LogP contribution is 2.09. The molecule has 1 amide bonds. The molecule has 1 aromatic carbocycles. The van der Waals surface area contributed by atoms with Crippen molar-refractivity contribution >= 4 is 18.3 Å². The zero-order valence-electron chi connectivity index (χ0n) is 9.94. The van der Waals surface area contributed by atoms with E-state index in [9.17, 15) is 4.79 Å². The van der Waals surface area contributed by atoms with E-state index in [2.05, 4.69) is 5.32 Å². The molecule has 0 aromatic heterocycles. The van der Waals surface area contributed by atoms with Gasteiger partial charge in [0.15, 0.2) is 0 Å². The lowest BCUT2D eigenvalue weighted by atomic mass is 10.1. The largest absolute Gasteiger partial charge is 0.380 e. The quantitative estimate of drug-likeness (QED) is 0.757. The van der Waals surface area contributed by atoms with Crippen molar-refractivity contribution < 1.29 is 9.53 Å². The first-order chi connectivity index (χ1) is 7.79. The Morgan fingerprint density at radius 2 is 2.12 bits per heavy atom. The molecular formula is C12H19ClN2O2. The highest BCUT2D eigenvalue weighted by atomic mass is 35.5. The van der Waals surface area contributed by atoms with E-state index in [1.165, 1.54) is 0 Å². The van der Waals surface area contributed by atoms with E-state index in [1.54, 1.807) is 13.2 Å². The van der Waals surface area contributed by atoms with E-state index in [4.69, 9.17) is 10.5 Å². The Morgan fingerprint density at radius 1 is 1.41 bits per heavy atom. The molecule has 0 fully saturated rings. The van der Waals surface area contributed by atoms with E-state index in [0.29, 0.717) is 25.3 Å². The zero-order chi connectivity index (χ0) is 11.8. The molecule has 0 heterocycles. The molecule has 1 aromatic rings. The van der Waals surface area contributed by atoms with E-state index in [0.717, 1.165) is 12.0 Å². The molecule has 96 valence electrons. The molecule has 0 saturated carbocycles. The maximum atomic E-state index is 11.8. The molecular weight excluding hydrogens is 240 g/mol. The third-order valence-corrected chi connectivity index (χ3v) is 2.23. The van der Waals surface area contributed by atoms with E-state index >= 15 is 0 Å². The van der Waals surface area contributed by atoms with Gasteiger partial charge in [0.2, 0.25) is 0 Å². The summed E-state index contributed by atoms with van der Waals surface area (Å²) in [6.07, 6.45) is 0.790. The molecule has 0 saturated heterocycles. The molecule has 0 radical (unpaired) electrons. The number of amides is 1. The number of halogens is 1. The van der Waals surface area contributed by atoms with Crippen molar-refractivity contribution in [3.63, 3.8) is 0 Å². The van der Waals surface area contributed by atoms with Gasteiger partial charge >= 0.3 is 0 Å². The first kappa shape index (κ1) is 15.9. The maximum Gasteiger partial charge on any atom is 0.251 e. The van der Waals surface area contributed by atoms with Crippen molar-refractivity contribution in [3.8, 4) is 0 Å². The third kappa shape index (κ3) is 5.17. The molecule has 17 heavy (non-hydrogen) atoms. The summed E-state index contributed by atoms with van der Waals surface area (Å²) < 4.78 is 5.04. The van der Waals surface area contributed by atoms with Crippen LogP contribution in [0.4, 0.5) is 0 Å². The van der Waals surface area contributed by atoms with E-state index in [-0.39, 0.29) is 18.3 Å². The summed E-state index contributed by atoms with van der Waals surface area (Å²) in [5.74, 6) is -0.0684. The first-order valence-corrected chi connectivity index (χ1v) is 5.34. The van der Waals surface area contributed by atoms with Crippen molar-refractivity contribution in [2.24, 2.45) is 5.73 Å². The molecule has 0 aliphatic heterocycles. The van der Waals surface area contributed by atoms with Crippen molar-refractivity contribution in [2.75, 3.05) is 20.2 Å². The van der Waals surface area contributed by atoms with Crippen LogP contribution in [0.2, 0.25) is 0 Å². The number of nitrogens with two attached hydrogens (primary N) is 1. The predicted molar refractivity (Wildman–Crippen MR) is 70.4 cm³/mol. The van der Waals surface area contributed by atoms with Crippen LogP contribution in [0.1, 0.15) is 22.3 Å². The Hall–Kier alpha value is -1.10. The van der Waals surface area contributed by atoms with Crippen molar-refractivity contribution in [1.82, 2.24) is 5.32 Å². The van der Waals surface area contributed by atoms with Crippen LogP contribution >= 0.6 is 12.4 Å². The van der Waals surface area contributed by atoms with Crippen LogP contribution in [0.15, 0.2) is 24.3 Å². The summed E-state index contributed by atoms with van der Waals surface area (Å²) >= 11 is 0. The Morgan fingerprint density at radius 3 is 2.76 bits per heavy atom. The van der Waals surface area contributed by atoms with Crippen molar-refractivity contribution in [2.45, 2.75) is 13.0 Å². The highest BCUT2D eigenvalue weighted by molar-refractivity contribution is 5.95. The standard InChI is InChI=1S/C12H18N2O2.ClH/c1-16-9-10-5-2-3-6-11(10)12(15)14-8-4-7-13;/h2-3,5-6H,4,7-9,13H2,1H3,(H,14,15);1H. The summed E-state index contributed by atoms with van der Waals surface area (Å²) in [6.45, 7) is 1.64. The van der Waals surface area contributed by atoms with Crippen LogP contribution in [0, 0.1) is 0 Å².